The number of hydrogen-bond acceptors (Lipinski definition) is 5. The molecule has 1 amide bonds. The van der Waals surface area contributed by atoms with E-state index < -0.39 is 16.1 Å². The van der Waals surface area contributed by atoms with Crippen LogP contribution >= 0.6 is 0 Å². The van der Waals surface area contributed by atoms with Crippen LogP contribution in [0.4, 0.5) is 0 Å². The van der Waals surface area contributed by atoms with Gasteiger partial charge in [0.1, 0.15) is 11.8 Å². The summed E-state index contributed by atoms with van der Waals surface area (Å²) in [4.78, 5) is 15.5. The van der Waals surface area contributed by atoms with E-state index in [0.29, 0.717) is 25.1 Å². The molecule has 2 aromatic rings. The molecule has 2 fully saturated rings. The van der Waals surface area contributed by atoms with Gasteiger partial charge in [0.25, 0.3) is 0 Å². The van der Waals surface area contributed by atoms with Gasteiger partial charge in [0.15, 0.2) is 0 Å². The summed E-state index contributed by atoms with van der Waals surface area (Å²) in [6, 6.07) is 16.0. The summed E-state index contributed by atoms with van der Waals surface area (Å²) in [5.74, 6) is 0.400. The number of sulfonamides is 1. The minimum absolute atomic E-state index is 0.0438. The number of amides is 1. The lowest BCUT2D eigenvalue weighted by molar-refractivity contribution is -0.124. The van der Waals surface area contributed by atoms with Crippen molar-refractivity contribution >= 4 is 15.9 Å². The smallest absolute Gasteiger partial charge is 0.243 e. The number of rotatable bonds is 7. The van der Waals surface area contributed by atoms with E-state index in [9.17, 15) is 13.2 Å². The Labute approximate surface area is 184 Å². The van der Waals surface area contributed by atoms with Gasteiger partial charge in [-0.25, -0.2) is 8.42 Å². The normalized spacial score (nSPS) is 22.5. The van der Waals surface area contributed by atoms with E-state index in [1.807, 2.05) is 18.2 Å². The molecule has 0 unspecified atom stereocenters. The molecule has 166 valence electrons. The Morgan fingerprint density at radius 1 is 1.06 bits per heavy atom. The van der Waals surface area contributed by atoms with Gasteiger partial charge >= 0.3 is 0 Å². The van der Waals surface area contributed by atoms with E-state index in [-0.39, 0.29) is 16.8 Å². The zero-order valence-corrected chi connectivity index (χ0v) is 18.6. The van der Waals surface area contributed by atoms with E-state index in [2.05, 4.69) is 22.3 Å². The Balaban J connectivity index is 1.37. The van der Waals surface area contributed by atoms with Crippen LogP contribution < -0.4 is 10.1 Å². The fourth-order valence-electron chi connectivity index (χ4n) is 4.41. The summed E-state index contributed by atoms with van der Waals surface area (Å²) in [7, 11) is -2.20. The number of hydrogen-bond donors (Lipinski definition) is 1. The number of carbonyl (C=O) groups is 1. The lowest BCUT2D eigenvalue weighted by Gasteiger charge is -2.25. The molecule has 0 spiro atoms. The predicted octanol–water partition coefficient (Wildman–Crippen LogP) is 2.24. The van der Waals surface area contributed by atoms with E-state index >= 15 is 0 Å². The molecule has 2 atom stereocenters. The van der Waals surface area contributed by atoms with Crippen LogP contribution in [0.3, 0.4) is 0 Å². The van der Waals surface area contributed by atoms with Crippen LogP contribution in [0.15, 0.2) is 59.5 Å². The molecule has 0 aliphatic carbocycles. The molecule has 7 nitrogen and oxygen atoms in total. The van der Waals surface area contributed by atoms with Crippen molar-refractivity contribution in [2.75, 3.05) is 26.7 Å². The highest BCUT2D eigenvalue weighted by Crippen LogP contribution is 2.27. The third kappa shape index (κ3) is 4.92. The Kier molecular flexibility index (Phi) is 6.60. The molecule has 4 rings (SSSR count). The largest absolute Gasteiger partial charge is 0.497 e. The van der Waals surface area contributed by atoms with Crippen molar-refractivity contribution in [3.63, 3.8) is 0 Å². The summed E-state index contributed by atoms with van der Waals surface area (Å²) in [6.07, 6.45) is 2.09. The lowest BCUT2D eigenvalue weighted by Crippen LogP contribution is -2.49. The number of likely N-dealkylation sites (tertiary alicyclic amines) is 1. The van der Waals surface area contributed by atoms with Crippen molar-refractivity contribution in [1.82, 2.24) is 14.5 Å². The Morgan fingerprint density at radius 3 is 2.52 bits per heavy atom. The van der Waals surface area contributed by atoms with Crippen LogP contribution in [0, 0.1) is 0 Å². The van der Waals surface area contributed by atoms with E-state index in [4.69, 9.17) is 4.74 Å². The molecule has 0 aromatic heterocycles. The molecule has 2 saturated heterocycles. The number of nitrogens with one attached hydrogen (secondary N) is 1. The monoisotopic (exact) mass is 443 g/mol. The summed E-state index contributed by atoms with van der Waals surface area (Å²) < 4.78 is 32.7. The van der Waals surface area contributed by atoms with Gasteiger partial charge in [-0.05, 0) is 49.1 Å². The number of carbonyl (C=O) groups excluding carboxylic acids is 1. The van der Waals surface area contributed by atoms with Gasteiger partial charge in [0.05, 0.1) is 12.0 Å². The number of methoxy groups -OCH3 is 1. The maximum absolute atomic E-state index is 13.1. The highest BCUT2D eigenvalue weighted by Gasteiger charge is 2.40. The Bertz CT molecular complexity index is 995. The summed E-state index contributed by atoms with van der Waals surface area (Å²) in [6.45, 7) is 2.91. The van der Waals surface area contributed by atoms with Crippen molar-refractivity contribution in [1.29, 1.82) is 0 Å². The van der Waals surface area contributed by atoms with Crippen molar-refractivity contribution in [2.24, 2.45) is 0 Å². The van der Waals surface area contributed by atoms with Crippen molar-refractivity contribution in [3.8, 4) is 5.75 Å². The molecule has 2 aliphatic rings. The third-order valence-electron chi connectivity index (χ3n) is 6.04. The number of nitrogens with zero attached hydrogens (tertiary/aromatic N) is 2. The van der Waals surface area contributed by atoms with E-state index in [1.165, 1.54) is 29.1 Å². The maximum Gasteiger partial charge on any atom is 0.243 e. The summed E-state index contributed by atoms with van der Waals surface area (Å²) in [5, 5.41) is 3.10. The average molecular weight is 444 g/mol. The van der Waals surface area contributed by atoms with Gasteiger partial charge in [-0.15, -0.1) is 0 Å². The molecule has 0 saturated carbocycles. The molecule has 8 heteroatoms. The molecule has 1 N–H and O–H groups in total. The second-order valence-electron chi connectivity index (χ2n) is 8.16. The van der Waals surface area contributed by atoms with Crippen molar-refractivity contribution < 1.29 is 17.9 Å². The minimum atomic E-state index is -3.74. The molecule has 2 aromatic carbocycles. The lowest BCUT2D eigenvalue weighted by atomic mass is 10.2. The SMILES string of the molecule is COc1ccc(S(=O)(=O)N2CCC[C@H]2C(=O)N[C@H]2CCN(Cc3ccccc3)C2)cc1. The summed E-state index contributed by atoms with van der Waals surface area (Å²) >= 11 is 0. The minimum Gasteiger partial charge on any atom is -0.497 e. The predicted molar refractivity (Wildman–Crippen MR) is 118 cm³/mol. The van der Waals surface area contributed by atoms with Crippen LogP contribution in [0.1, 0.15) is 24.8 Å². The van der Waals surface area contributed by atoms with E-state index in [0.717, 1.165) is 26.1 Å². The Morgan fingerprint density at radius 2 is 1.81 bits per heavy atom. The van der Waals surface area contributed by atoms with Crippen molar-refractivity contribution in [2.45, 2.75) is 42.8 Å². The first-order valence-electron chi connectivity index (χ1n) is 10.7. The Hall–Kier alpha value is -2.42. The molecule has 31 heavy (non-hydrogen) atoms. The van der Waals surface area contributed by atoms with Crippen LogP contribution in [0.25, 0.3) is 0 Å². The van der Waals surface area contributed by atoms with Crippen LogP contribution in [-0.4, -0.2) is 62.4 Å². The van der Waals surface area contributed by atoms with Gasteiger partial charge in [-0.1, -0.05) is 30.3 Å². The molecule has 2 heterocycles. The first kappa shape index (κ1) is 21.8. The molecular weight excluding hydrogens is 414 g/mol. The second kappa shape index (κ2) is 9.38. The second-order valence-corrected chi connectivity index (χ2v) is 10.1. The van der Waals surface area contributed by atoms with Crippen LogP contribution in [0.5, 0.6) is 5.75 Å². The number of benzene rings is 2. The fourth-order valence-corrected chi connectivity index (χ4v) is 6.06. The topological polar surface area (TPSA) is 79.0 Å². The zero-order chi connectivity index (χ0) is 21.8. The zero-order valence-electron chi connectivity index (χ0n) is 17.7. The van der Waals surface area contributed by atoms with Gasteiger partial charge in [0, 0.05) is 32.2 Å². The molecular formula is C23H29N3O4S. The van der Waals surface area contributed by atoms with Crippen LogP contribution in [0.2, 0.25) is 0 Å². The first-order chi connectivity index (χ1) is 15.0. The van der Waals surface area contributed by atoms with Crippen molar-refractivity contribution in [3.05, 3.63) is 60.2 Å². The quantitative estimate of drug-likeness (QED) is 0.710. The first-order valence-corrected chi connectivity index (χ1v) is 12.1. The van der Waals surface area contributed by atoms with E-state index in [1.54, 1.807) is 12.1 Å². The van der Waals surface area contributed by atoms with Gasteiger partial charge in [-0.3, -0.25) is 9.69 Å². The van der Waals surface area contributed by atoms with Gasteiger partial charge < -0.3 is 10.1 Å². The fraction of sp³-hybridized carbons (Fsp3) is 0.435. The molecule has 0 radical (unpaired) electrons. The maximum atomic E-state index is 13.1. The van der Waals surface area contributed by atoms with Gasteiger partial charge in [0.2, 0.25) is 15.9 Å². The highest BCUT2D eigenvalue weighted by molar-refractivity contribution is 7.89. The van der Waals surface area contributed by atoms with Crippen LogP contribution in [-0.2, 0) is 21.4 Å². The molecule has 2 aliphatic heterocycles. The van der Waals surface area contributed by atoms with Gasteiger partial charge in [-0.2, -0.15) is 4.31 Å². The highest BCUT2D eigenvalue weighted by atomic mass is 32.2. The standard InChI is InChI=1S/C23H29N3O4S/c1-30-20-9-11-21(12-10-20)31(28,29)26-14-5-8-22(26)23(27)24-19-13-15-25(17-19)16-18-6-3-2-4-7-18/h2-4,6-7,9-12,19,22H,5,8,13-17H2,1H3,(H,24,27)/t19-,22-/m0/s1. The third-order valence-corrected chi connectivity index (χ3v) is 7.96. The molecule has 0 bridgehead atoms. The summed E-state index contributed by atoms with van der Waals surface area (Å²) in [5.41, 5.74) is 1.25. The number of ether oxygens (including phenoxy) is 1. The average Bonchev–Trinajstić information content (AvgIpc) is 3.45.